The number of ether oxygens (including phenoxy) is 3. The zero-order chi connectivity index (χ0) is 60.8. The van der Waals surface area contributed by atoms with Gasteiger partial charge in [-0.3, -0.25) is 13.7 Å². The molecule has 2 aliphatic heterocycles. The van der Waals surface area contributed by atoms with Crippen LogP contribution in [0.25, 0.3) is 83.4 Å². The van der Waals surface area contributed by atoms with Crippen molar-refractivity contribution in [3.8, 4) is 85.1 Å². The van der Waals surface area contributed by atoms with Crippen LogP contribution in [-0.4, -0.2) is 20.8 Å². The maximum Gasteiger partial charge on any atom is 0.269 e. The minimum atomic E-state index is -0.593. The SMILES string of the molecule is [2H]c1c([2H])c([2H])c(-c2cccc(-c3c([2H])c([2H])c([2H])c([2H])c3[2H])c2-[n+]2[c-]n(-c3cccc(Oc4ccc5c6ccccc6n(-c6cc(C(C)(C)C)ccn6)c5c4)c3)c3c(-c4ccc5c6c4Oc4ccccc4B6c4ccccc4O5)cccc32)c([2H])c1[2H]. The Morgan fingerprint density at radius 3 is 1.97 bits per heavy atom. The topological polar surface area (TPSA) is 54.3 Å². The van der Waals surface area contributed by atoms with Crippen LogP contribution in [0.5, 0.6) is 34.5 Å². The molecule has 15 rings (SSSR count). The lowest BCUT2D eigenvalue weighted by Gasteiger charge is -2.34. The van der Waals surface area contributed by atoms with Gasteiger partial charge in [-0.2, -0.15) is 0 Å². The van der Waals surface area contributed by atoms with Crippen molar-refractivity contribution >= 4 is 55.9 Å². The Balaban J connectivity index is 0.988. The Morgan fingerprint density at radius 1 is 0.564 bits per heavy atom. The van der Waals surface area contributed by atoms with E-state index in [2.05, 4.69) is 68.1 Å². The van der Waals surface area contributed by atoms with E-state index in [4.69, 9.17) is 27.4 Å². The standard InChI is InChI=1S/C70H49BN4O3/c1-70(2,3)47-39-40-72-65(41-47)75-59-31-13-10-25-53(59)54-36-35-50(43-61(54)75)76-49-24-16-23-48(42-49)73-44-74(67-51(45-19-6-4-7-20-45)26-17-27-52(67)46-21-8-5-9-22-46)60-32-18-28-55(68(60)73)56-37-38-64-66-69(56)78-63-34-15-12-30-58(63)71(66)57-29-11-14-33-62(57)77-64/h4-43H,1-3H3/i4D,5D,6D,7D,8D,9D,19D,20D,21D,22D. The molecule has 0 radical (unpaired) electrons. The second-order valence-corrected chi connectivity index (χ2v) is 20.5. The van der Waals surface area contributed by atoms with Crippen LogP contribution in [-0.2, 0) is 5.41 Å². The smallest absolute Gasteiger partial charge is 0.269 e. The number of hydrogen-bond donors (Lipinski definition) is 0. The van der Waals surface area contributed by atoms with E-state index >= 15 is 0 Å². The van der Waals surface area contributed by atoms with Crippen molar-refractivity contribution in [2.45, 2.75) is 26.2 Å². The maximum atomic E-state index is 9.35. The summed E-state index contributed by atoms with van der Waals surface area (Å²) < 4.78 is 116. The van der Waals surface area contributed by atoms with Gasteiger partial charge in [0, 0.05) is 34.1 Å². The first-order valence-corrected chi connectivity index (χ1v) is 25.7. The monoisotopic (exact) mass is 1010 g/mol. The van der Waals surface area contributed by atoms with Gasteiger partial charge in [-0.25, -0.2) is 4.98 Å². The number of aromatic nitrogens is 4. The fraction of sp³-hybridized carbons (Fsp3) is 0.0571. The molecule has 0 N–H and O–H groups in total. The number of hydrogen-bond acceptors (Lipinski definition) is 4. The van der Waals surface area contributed by atoms with Crippen molar-refractivity contribution in [2.24, 2.45) is 0 Å². The molecule has 13 aromatic rings. The Morgan fingerprint density at radius 2 is 1.22 bits per heavy atom. The van der Waals surface area contributed by atoms with Crippen LogP contribution in [0.15, 0.2) is 243 Å². The Bertz CT molecular complexity index is 5020. The molecule has 8 heteroatoms. The molecule has 0 bridgehead atoms. The molecule has 0 saturated heterocycles. The third-order valence-corrected chi connectivity index (χ3v) is 14.9. The summed E-state index contributed by atoms with van der Waals surface area (Å²) in [6.45, 7) is 6.28. The molecule has 0 fully saturated rings. The molecule has 0 atom stereocenters. The van der Waals surface area contributed by atoms with Crippen molar-refractivity contribution in [3.05, 3.63) is 254 Å². The summed E-state index contributed by atoms with van der Waals surface area (Å²) in [6.07, 6.45) is 5.48. The molecule has 0 saturated carbocycles. The van der Waals surface area contributed by atoms with Gasteiger partial charge in [0.25, 0.3) is 13.0 Å². The summed E-state index contributed by atoms with van der Waals surface area (Å²) >= 11 is 0. The Kier molecular flexibility index (Phi) is 8.27. The quantitative estimate of drug-likeness (QED) is 0.0865. The zero-order valence-corrected chi connectivity index (χ0v) is 42.4. The number of para-hydroxylation sites is 5. The molecule has 0 spiro atoms. The molecule has 10 aromatic carbocycles. The van der Waals surface area contributed by atoms with Crippen LogP contribution in [0, 0.1) is 6.33 Å². The first-order chi connectivity index (χ1) is 42.5. The van der Waals surface area contributed by atoms with Crippen molar-refractivity contribution in [2.75, 3.05) is 0 Å². The first kappa shape index (κ1) is 36.1. The first-order valence-electron chi connectivity index (χ1n) is 30.7. The summed E-state index contributed by atoms with van der Waals surface area (Å²) in [7, 11) is 0. The molecule has 78 heavy (non-hydrogen) atoms. The third-order valence-electron chi connectivity index (χ3n) is 14.9. The summed E-state index contributed by atoms with van der Waals surface area (Å²) in [4.78, 5) is 4.89. The van der Waals surface area contributed by atoms with Gasteiger partial charge in [-0.15, -0.1) is 0 Å². The van der Waals surface area contributed by atoms with Crippen molar-refractivity contribution in [3.63, 3.8) is 0 Å². The highest BCUT2D eigenvalue weighted by molar-refractivity contribution is 6.98. The minimum absolute atomic E-state index is 0.111. The average Bonchev–Trinajstić information content (AvgIpc) is 1.23. The highest BCUT2D eigenvalue weighted by atomic mass is 16.5. The van der Waals surface area contributed by atoms with Gasteiger partial charge >= 0.3 is 0 Å². The fourth-order valence-corrected chi connectivity index (χ4v) is 11.4. The predicted molar refractivity (Wildman–Crippen MR) is 315 cm³/mol. The highest BCUT2D eigenvalue weighted by Gasteiger charge is 2.41. The molecule has 7 nitrogen and oxygen atoms in total. The van der Waals surface area contributed by atoms with Gasteiger partial charge in [0.15, 0.2) is 0 Å². The largest absolute Gasteiger partial charge is 0.458 e. The number of benzene rings is 10. The average molecular weight is 1020 g/mol. The number of nitrogens with zero attached hydrogens (tertiary/aromatic N) is 4. The van der Waals surface area contributed by atoms with Gasteiger partial charge in [0.05, 0.1) is 47.1 Å². The third kappa shape index (κ3) is 7.36. The van der Waals surface area contributed by atoms with Gasteiger partial charge < -0.3 is 14.2 Å². The lowest BCUT2D eigenvalue weighted by Crippen LogP contribution is -2.57. The van der Waals surface area contributed by atoms with Gasteiger partial charge in [-0.05, 0) is 123 Å². The van der Waals surface area contributed by atoms with E-state index in [1.807, 2.05) is 132 Å². The number of pyridine rings is 1. The van der Waals surface area contributed by atoms with Gasteiger partial charge in [0.1, 0.15) is 40.3 Å². The number of imidazole rings is 1. The number of fused-ring (bicyclic) bond motifs is 8. The summed E-state index contributed by atoms with van der Waals surface area (Å²) in [5, 5.41) is 2.08. The van der Waals surface area contributed by atoms with E-state index in [1.165, 1.54) is 0 Å². The van der Waals surface area contributed by atoms with Crippen molar-refractivity contribution in [1.82, 2.24) is 14.1 Å². The molecule has 0 amide bonds. The van der Waals surface area contributed by atoms with Crippen LogP contribution >= 0.6 is 0 Å². The van der Waals surface area contributed by atoms with Gasteiger partial charge in [0.2, 0.25) is 0 Å². The van der Waals surface area contributed by atoms with E-state index in [0.717, 1.165) is 55.3 Å². The van der Waals surface area contributed by atoms with Crippen LogP contribution in [0.2, 0.25) is 0 Å². The van der Waals surface area contributed by atoms with E-state index < -0.39 is 60.4 Å². The Hall–Kier alpha value is -9.92. The molecular weight excluding hydrogens is 956 g/mol. The lowest BCUT2D eigenvalue weighted by molar-refractivity contribution is -0.571. The molecule has 3 aromatic heterocycles. The zero-order valence-electron chi connectivity index (χ0n) is 52.4. The van der Waals surface area contributed by atoms with Gasteiger partial charge in [-0.1, -0.05) is 178 Å². The molecular formula is C70H49BN4O3. The van der Waals surface area contributed by atoms with E-state index in [1.54, 1.807) is 22.8 Å². The molecule has 370 valence electrons. The normalized spacial score (nSPS) is 14.3. The summed E-state index contributed by atoms with van der Waals surface area (Å²) in [6, 6.07) is 50.8. The van der Waals surface area contributed by atoms with E-state index in [-0.39, 0.29) is 40.1 Å². The minimum Gasteiger partial charge on any atom is -0.458 e. The summed E-state index contributed by atoms with van der Waals surface area (Å²) in [5.74, 6) is 4.40. The van der Waals surface area contributed by atoms with E-state index in [0.29, 0.717) is 56.6 Å². The van der Waals surface area contributed by atoms with Crippen molar-refractivity contribution in [1.29, 1.82) is 0 Å². The second-order valence-electron chi connectivity index (χ2n) is 20.5. The highest BCUT2D eigenvalue weighted by Crippen LogP contribution is 2.44. The molecule has 2 aliphatic rings. The maximum absolute atomic E-state index is 9.35. The van der Waals surface area contributed by atoms with Crippen LogP contribution in [0.3, 0.4) is 0 Å². The van der Waals surface area contributed by atoms with Crippen LogP contribution < -0.4 is 35.2 Å². The molecule has 5 heterocycles. The second kappa shape index (κ2) is 17.9. The fourth-order valence-electron chi connectivity index (χ4n) is 11.4. The van der Waals surface area contributed by atoms with Crippen LogP contribution in [0.1, 0.15) is 40.0 Å². The van der Waals surface area contributed by atoms with E-state index in [9.17, 15) is 5.48 Å². The Labute approximate surface area is 466 Å². The summed E-state index contributed by atoms with van der Waals surface area (Å²) in [5.41, 5.74) is 8.65. The predicted octanol–water partition coefficient (Wildman–Crippen LogP) is 15.0. The molecule has 0 aliphatic carbocycles. The van der Waals surface area contributed by atoms with Crippen molar-refractivity contribution < 1.29 is 32.5 Å². The lowest BCUT2D eigenvalue weighted by atomic mass is 9.34. The molecule has 0 unspecified atom stereocenters. The van der Waals surface area contributed by atoms with Crippen LogP contribution in [0.4, 0.5) is 0 Å². The number of rotatable bonds is 8.